The highest BCUT2D eigenvalue weighted by molar-refractivity contribution is 7.80. The average molecular weight is 294 g/mol. The number of hydrogen-bond acceptors (Lipinski definition) is 4. The van der Waals surface area contributed by atoms with Crippen molar-refractivity contribution in [1.29, 1.82) is 0 Å². The van der Waals surface area contributed by atoms with Gasteiger partial charge in [-0.2, -0.15) is 0 Å². The number of hydrogen-bond donors (Lipinski definition) is 3. The van der Waals surface area contributed by atoms with E-state index in [0.717, 1.165) is 24.2 Å². The summed E-state index contributed by atoms with van der Waals surface area (Å²) >= 11 is 4.18. The SMILES string of the molecule is CNC(CCCCNC(=O)c1ccc(S)cc1)C(C)=O. The van der Waals surface area contributed by atoms with Gasteiger partial charge in [-0.05, 0) is 57.5 Å². The van der Waals surface area contributed by atoms with E-state index in [2.05, 4.69) is 23.3 Å². The summed E-state index contributed by atoms with van der Waals surface area (Å²) in [5, 5.41) is 5.86. The summed E-state index contributed by atoms with van der Waals surface area (Å²) in [5.74, 6) is 0.0819. The number of nitrogens with one attached hydrogen (secondary N) is 2. The fraction of sp³-hybridized carbons (Fsp3) is 0.467. The lowest BCUT2D eigenvalue weighted by Crippen LogP contribution is -2.32. The van der Waals surface area contributed by atoms with Gasteiger partial charge in [0.1, 0.15) is 5.78 Å². The Morgan fingerprint density at radius 2 is 1.85 bits per heavy atom. The Morgan fingerprint density at radius 1 is 1.20 bits per heavy atom. The number of carbonyl (C=O) groups is 2. The van der Waals surface area contributed by atoms with Crippen molar-refractivity contribution >= 4 is 24.3 Å². The van der Waals surface area contributed by atoms with Crippen LogP contribution in [0.2, 0.25) is 0 Å². The predicted molar refractivity (Wildman–Crippen MR) is 83.4 cm³/mol. The van der Waals surface area contributed by atoms with Crippen molar-refractivity contribution in [3.05, 3.63) is 29.8 Å². The number of unbranched alkanes of at least 4 members (excludes halogenated alkanes) is 1. The van der Waals surface area contributed by atoms with Crippen molar-refractivity contribution in [3.8, 4) is 0 Å². The first kappa shape index (κ1) is 16.7. The molecule has 1 amide bonds. The molecule has 0 aliphatic carbocycles. The molecule has 2 N–H and O–H groups in total. The molecular formula is C15H22N2O2S. The Labute approximate surface area is 125 Å². The molecule has 0 radical (unpaired) electrons. The van der Waals surface area contributed by atoms with E-state index in [1.807, 2.05) is 0 Å². The Bertz CT molecular complexity index is 446. The summed E-state index contributed by atoms with van der Waals surface area (Å²) < 4.78 is 0. The van der Waals surface area contributed by atoms with Crippen LogP contribution in [0, 0.1) is 0 Å². The van der Waals surface area contributed by atoms with Crippen molar-refractivity contribution in [3.63, 3.8) is 0 Å². The highest BCUT2D eigenvalue weighted by Crippen LogP contribution is 2.07. The molecule has 4 nitrogen and oxygen atoms in total. The maximum Gasteiger partial charge on any atom is 0.251 e. The number of Topliss-reactive ketones (excluding diaryl/α,β-unsaturated/α-hetero) is 1. The van der Waals surface area contributed by atoms with E-state index in [-0.39, 0.29) is 17.7 Å². The molecule has 20 heavy (non-hydrogen) atoms. The predicted octanol–water partition coefficient (Wildman–Crippen LogP) is 2.05. The molecule has 0 fully saturated rings. The molecule has 0 heterocycles. The van der Waals surface area contributed by atoms with Gasteiger partial charge in [0.2, 0.25) is 0 Å². The van der Waals surface area contributed by atoms with Crippen molar-refractivity contribution in [2.75, 3.05) is 13.6 Å². The van der Waals surface area contributed by atoms with Gasteiger partial charge in [-0.25, -0.2) is 0 Å². The molecule has 0 aliphatic heterocycles. The van der Waals surface area contributed by atoms with Gasteiger partial charge >= 0.3 is 0 Å². The van der Waals surface area contributed by atoms with Gasteiger partial charge in [-0.3, -0.25) is 9.59 Å². The fourth-order valence-electron chi connectivity index (χ4n) is 1.94. The fourth-order valence-corrected chi connectivity index (χ4v) is 2.09. The second-order valence-electron chi connectivity index (χ2n) is 4.75. The molecule has 5 heteroatoms. The summed E-state index contributed by atoms with van der Waals surface area (Å²) in [6.45, 7) is 2.21. The van der Waals surface area contributed by atoms with E-state index in [4.69, 9.17) is 0 Å². The van der Waals surface area contributed by atoms with E-state index in [0.29, 0.717) is 12.1 Å². The zero-order valence-electron chi connectivity index (χ0n) is 12.0. The Morgan fingerprint density at radius 3 is 2.40 bits per heavy atom. The van der Waals surface area contributed by atoms with Crippen LogP contribution in [-0.4, -0.2) is 31.3 Å². The average Bonchev–Trinajstić information content (AvgIpc) is 2.42. The van der Waals surface area contributed by atoms with Crippen LogP contribution in [0.4, 0.5) is 0 Å². The molecule has 0 bridgehead atoms. The van der Waals surface area contributed by atoms with Crippen molar-refractivity contribution < 1.29 is 9.59 Å². The summed E-state index contributed by atoms with van der Waals surface area (Å²) in [5.41, 5.74) is 0.639. The molecule has 1 rings (SSSR count). The van der Waals surface area contributed by atoms with Crippen LogP contribution in [0.25, 0.3) is 0 Å². The molecule has 1 aromatic rings. The van der Waals surface area contributed by atoms with E-state index >= 15 is 0 Å². The first-order valence-corrected chi connectivity index (χ1v) is 7.24. The summed E-state index contributed by atoms with van der Waals surface area (Å²) in [6.07, 6.45) is 2.57. The Kier molecular flexibility index (Phi) is 7.33. The monoisotopic (exact) mass is 294 g/mol. The molecular weight excluding hydrogens is 272 g/mol. The standard InChI is InChI=1S/C15H22N2O2S/c1-11(18)14(16-2)5-3-4-10-17-15(19)12-6-8-13(20)9-7-12/h6-9,14,16,20H,3-5,10H2,1-2H3,(H,17,19). The number of ketones is 1. The van der Waals surface area contributed by atoms with E-state index < -0.39 is 0 Å². The molecule has 0 aromatic heterocycles. The molecule has 0 saturated carbocycles. The smallest absolute Gasteiger partial charge is 0.251 e. The lowest BCUT2D eigenvalue weighted by Gasteiger charge is -2.12. The second-order valence-corrected chi connectivity index (χ2v) is 5.27. The minimum absolute atomic E-state index is 0.0740. The number of likely N-dealkylation sites (N-methyl/N-ethyl adjacent to an activating group) is 1. The maximum absolute atomic E-state index is 11.8. The Hall–Kier alpha value is -1.33. The third-order valence-corrected chi connectivity index (χ3v) is 3.47. The number of carbonyl (C=O) groups excluding carboxylic acids is 2. The van der Waals surface area contributed by atoms with Crippen LogP contribution < -0.4 is 10.6 Å². The minimum Gasteiger partial charge on any atom is -0.352 e. The second kappa shape index (κ2) is 8.76. The van der Waals surface area contributed by atoms with Crippen LogP contribution >= 0.6 is 12.6 Å². The van der Waals surface area contributed by atoms with Crippen LogP contribution in [-0.2, 0) is 4.79 Å². The Balaban J connectivity index is 2.22. The minimum atomic E-state index is -0.0753. The first-order chi connectivity index (χ1) is 9.54. The van der Waals surface area contributed by atoms with Crippen LogP contribution in [0.15, 0.2) is 29.2 Å². The van der Waals surface area contributed by atoms with E-state index in [1.54, 1.807) is 38.2 Å². The van der Waals surface area contributed by atoms with Gasteiger partial charge in [0.15, 0.2) is 0 Å². The first-order valence-electron chi connectivity index (χ1n) is 6.79. The lowest BCUT2D eigenvalue weighted by molar-refractivity contribution is -0.119. The normalized spacial score (nSPS) is 11.9. The molecule has 0 saturated heterocycles. The van der Waals surface area contributed by atoms with Gasteiger partial charge in [-0.1, -0.05) is 0 Å². The van der Waals surface area contributed by atoms with Gasteiger partial charge in [0, 0.05) is 17.0 Å². The molecule has 1 atom stereocenters. The van der Waals surface area contributed by atoms with Crippen LogP contribution in [0.1, 0.15) is 36.5 Å². The van der Waals surface area contributed by atoms with Crippen molar-refractivity contribution in [2.24, 2.45) is 0 Å². The zero-order valence-corrected chi connectivity index (χ0v) is 12.9. The van der Waals surface area contributed by atoms with Gasteiger partial charge in [0.25, 0.3) is 5.91 Å². The third kappa shape index (κ3) is 5.75. The zero-order chi connectivity index (χ0) is 15.0. The molecule has 1 aromatic carbocycles. The summed E-state index contributed by atoms with van der Waals surface area (Å²) in [4.78, 5) is 23.9. The van der Waals surface area contributed by atoms with Crippen molar-refractivity contribution in [1.82, 2.24) is 10.6 Å². The van der Waals surface area contributed by atoms with Crippen LogP contribution in [0.3, 0.4) is 0 Å². The number of rotatable bonds is 8. The third-order valence-electron chi connectivity index (χ3n) is 3.17. The van der Waals surface area contributed by atoms with Gasteiger partial charge in [-0.15, -0.1) is 12.6 Å². The van der Waals surface area contributed by atoms with Crippen molar-refractivity contribution in [2.45, 2.75) is 37.1 Å². The summed E-state index contributed by atoms with van der Waals surface area (Å²) in [7, 11) is 1.79. The topological polar surface area (TPSA) is 58.2 Å². The van der Waals surface area contributed by atoms with Gasteiger partial charge in [0.05, 0.1) is 6.04 Å². The maximum atomic E-state index is 11.8. The quantitative estimate of drug-likeness (QED) is 0.508. The highest BCUT2D eigenvalue weighted by Gasteiger charge is 2.10. The van der Waals surface area contributed by atoms with Crippen LogP contribution in [0.5, 0.6) is 0 Å². The highest BCUT2D eigenvalue weighted by atomic mass is 32.1. The largest absolute Gasteiger partial charge is 0.352 e. The van der Waals surface area contributed by atoms with E-state index in [9.17, 15) is 9.59 Å². The summed E-state index contributed by atoms with van der Waals surface area (Å²) in [6, 6.07) is 7.02. The molecule has 1 unspecified atom stereocenters. The molecule has 110 valence electrons. The molecule has 0 spiro atoms. The van der Waals surface area contributed by atoms with E-state index in [1.165, 1.54) is 0 Å². The lowest BCUT2D eigenvalue weighted by atomic mass is 10.1. The molecule has 0 aliphatic rings. The van der Waals surface area contributed by atoms with Gasteiger partial charge < -0.3 is 10.6 Å². The number of benzene rings is 1. The number of amides is 1. The number of thiol groups is 1.